The summed E-state index contributed by atoms with van der Waals surface area (Å²) in [7, 11) is -3.68. The Morgan fingerprint density at radius 1 is 1.47 bits per heavy atom. The zero-order valence-electron chi connectivity index (χ0n) is 11.3. The Labute approximate surface area is 113 Å². The lowest BCUT2D eigenvalue weighted by Gasteiger charge is -2.21. The molecule has 19 heavy (non-hydrogen) atoms. The lowest BCUT2D eigenvalue weighted by molar-refractivity contribution is 0.0613. The van der Waals surface area contributed by atoms with Gasteiger partial charge in [-0.25, -0.2) is 13.1 Å². The van der Waals surface area contributed by atoms with E-state index in [1.54, 1.807) is 20.8 Å². The van der Waals surface area contributed by atoms with Crippen molar-refractivity contribution < 1.29 is 13.5 Å². The summed E-state index contributed by atoms with van der Waals surface area (Å²) in [6.45, 7) is 4.93. The number of rotatable bonds is 5. The van der Waals surface area contributed by atoms with Crippen molar-refractivity contribution >= 4 is 10.0 Å². The highest BCUT2D eigenvalue weighted by Crippen LogP contribution is 2.17. The van der Waals surface area contributed by atoms with Crippen LogP contribution in [0.3, 0.4) is 0 Å². The summed E-state index contributed by atoms with van der Waals surface area (Å²) in [4.78, 5) is 0.124. The lowest BCUT2D eigenvalue weighted by Crippen LogP contribution is -2.40. The second-order valence-electron chi connectivity index (χ2n) is 4.77. The van der Waals surface area contributed by atoms with Crippen LogP contribution in [0.2, 0.25) is 0 Å². The first-order valence-corrected chi connectivity index (χ1v) is 7.43. The number of nitriles is 1. The first-order valence-electron chi connectivity index (χ1n) is 5.94. The molecular formula is C13H18N2O3S. The molecule has 1 rings (SSSR count). The Bertz CT molecular complexity index is 601. The molecule has 1 atom stereocenters. The second-order valence-corrected chi connectivity index (χ2v) is 6.50. The SMILES string of the molecule is CCC(C)(O)CNS(=O)(=O)c1ccc(C#N)cc1C. The summed E-state index contributed by atoms with van der Waals surface area (Å²) in [6.07, 6.45) is 0.446. The van der Waals surface area contributed by atoms with Crippen molar-refractivity contribution in [3.05, 3.63) is 29.3 Å². The van der Waals surface area contributed by atoms with Crippen molar-refractivity contribution in [2.45, 2.75) is 37.7 Å². The van der Waals surface area contributed by atoms with E-state index in [4.69, 9.17) is 5.26 Å². The quantitative estimate of drug-likeness (QED) is 0.852. The van der Waals surface area contributed by atoms with E-state index in [9.17, 15) is 13.5 Å². The van der Waals surface area contributed by atoms with E-state index >= 15 is 0 Å². The number of nitrogens with zero attached hydrogens (tertiary/aromatic N) is 1. The van der Waals surface area contributed by atoms with Gasteiger partial charge >= 0.3 is 0 Å². The molecule has 5 nitrogen and oxygen atoms in total. The Morgan fingerprint density at radius 3 is 2.58 bits per heavy atom. The van der Waals surface area contributed by atoms with Crippen LogP contribution in [-0.2, 0) is 10.0 Å². The fraction of sp³-hybridized carbons (Fsp3) is 0.462. The molecule has 0 aliphatic rings. The molecule has 0 saturated heterocycles. The van der Waals surface area contributed by atoms with E-state index in [2.05, 4.69) is 4.72 Å². The van der Waals surface area contributed by atoms with Crippen molar-refractivity contribution in [3.8, 4) is 6.07 Å². The van der Waals surface area contributed by atoms with Gasteiger partial charge in [-0.05, 0) is 44.0 Å². The van der Waals surface area contributed by atoms with Gasteiger partial charge < -0.3 is 5.11 Å². The number of nitrogens with one attached hydrogen (secondary N) is 1. The van der Waals surface area contributed by atoms with Crippen LogP contribution in [0, 0.1) is 18.3 Å². The highest BCUT2D eigenvalue weighted by Gasteiger charge is 2.23. The molecule has 0 aromatic heterocycles. The molecule has 1 unspecified atom stereocenters. The summed E-state index contributed by atoms with van der Waals surface area (Å²) < 4.78 is 26.6. The van der Waals surface area contributed by atoms with Crippen molar-refractivity contribution in [2.75, 3.05) is 6.54 Å². The van der Waals surface area contributed by atoms with Crippen molar-refractivity contribution in [1.82, 2.24) is 4.72 Å². The standard InChI is InChI=1S/C13H18N2O3S/c1-4-13(3,16)9-15-19(17,18)12-6-5-11(8-14)7-10(12)2/h5-7,15-16H,4,9H2,1-3H3. The van der Waals surface area contributed by atoms with E-state index in [-0.39, 0.29) is 11.4 Å². The maximum absolute atomic E-state index is 12.1. The molecule has 1 aromatic rings. The number of aryl methyl sites for hydroxylation is 1. The average Bonchev–Trinajstić information content (AvgIpc) is 2.36. The maximum Gasteiger partial charge on any atom is 0.240 e. The molecule has 0 heterocycles. The first kappa shape index (κ1) is 15.6. The van der Waals surface area contributed by atoms with Gasteiger partial charge in [0.1, 0.15) is 0 Å². The third-order valence-electron chi connectivity index (χ3n) is 3.00. The molecule has 0 bridgehead atoms. The molecule has 0 amide bonds. The van der Waals surface area contributed by atoms with Gasteiger partial charge in [-0.2, -0.15) is 5.26 Å². The maximum atomic E-state index is 12.1. The highest BCUT2D eigenvalue weighted by atomic mass is 32.2. The highest BCUT2D eigenvalue weighted by molar-refractivity contribution is 7.89. The molecule has 6 heteroatoms. The van der Waals surface area contributed by atoms with Gasteiger partial charge in [0, 0.05) is 6.54 Å². The van der Waals surface area contributed by atoms with E-state index in [1.807, 2.05) is 6.07 Å². The van der Waals surface area contributed by atoms with Crippen LogP contribution in [0.25, 0.3) is 0 Å². The van der Waals surface area contributed by atoms with Crippen molar-refractivity contribution in [3.63, 3.8) is 0 Å². The Morgan fingerprint density at radius 2 is 2.11 bits per heavy atom. The number of aliphatic hydroxyl groups is 1. The van der Waals surface area contributed by atoms with E-state index in [0.29, 0.717) is 17.5 Å². The van der Waals surface area contributed by atoms with Crippen LogP contribution >= 0.6 is 0 Å². The van der Waals surface area contributed by atoms with E-state index < -0.39 is 15.6 Å². The van der Waals surface area contributed by atoms with Crippen LogP contribution in [0.1, 0.15) is 31.4 Å². The molecule has 1 aromatic carbocycles. The lowest BCUT2D eigenvalue weighted by atomic mass is 10.1. The third kappa shape index (κ3) is 4.03. The van der Waals surface area contributed by atoms with Crippen molar-refractivity contribution in [2.24, 2.45) is 0 Å². The van der Waals surface area contributed by atoms with Crippen LogP contribution in [0.5, 0.6) is 0 Å². The summed E-state index contributed by atoms with van der Waals surface area (Å²) >= 11 is 0. The predicted octanol–water partition coefficient (Wildman–Crippen LogP) is 1.31. The largest absolute Gasteiger partial charge is 0.389 e. The summed E-state index contributed by atoms with van der Waals surface area (Å²) in [5.74, 6) is 0. The van der Waals surface area contributed by atoms with E-state index in [1.165, 1.54) is 18.2 Å². The van der Waals surface area contributed by atoms with Crippen LogP contribution < -0.4 is 4.72 Å². The monoisotopic (exact) mass is 282 g/mol. The van der Waals surface area contributed by atoms with Crippen molar-refractivity contribution in [1.29, 1.82) is 5.26 Å². The first-order chi connectivity index (χ1) is 8.72. The van der Waals surface area contributed by atoms with Gasteiger partial charge in [0.05, 0.1) is 22.1 Å². The minimum Gasteiger partial charge on any atom is -0.389 e. The Balaban J connectivity index is 2.99. The fourth-order valence-electron chi connectivity index (χ4n) is 1.47. The predicted molar refractivity (Wildman–Crippen MR) is 72.0 cm³/mol. The molecular weight excluding hydrogens is 264 g/mol. The number of benzene rings is 1. The van der Waals surface area contributed by atoms with Gasteiger partial charge in [-0.15, -0.1) is 0 Å². The van der Waals surface area contributed by atoms with E-state index in [0.717, 1.165) is 0 Å². The van der Waals surface area contributed by atoms with Crippen LogP contribution in [-0.4, -0.2) is 25.7 Å². The average molecular weight is 282 g/mol. The molecule has 0 aliphatic heterocycles. The van der Waals surface area contributed by atoms with Crippen LogP contribution in [0.4, 0.5) is 0 Å². The van der Waals surface area contributed by atoms with Gasteiger partial charge in [-0.3, -0.25) is 0 Å². The third-order valence-corrected chi connectivity index (χ3v) is 4.56. The zero-order valence-corrected chi connectivity index (χ0v) is 12.1. The van der Waals surface area contributed by atoms with Gasteiger partial charge in [0.15, 0.2) is 0 Å². The summed E-state index contributed by atoms with van der Waals surface area (Å²) in [5, 5.41) is 18.6. The molecule has 0 spiro atoms. The smallest absolute Gasteiger partial charge is 0.240 e. The Hall–Kier alpha value is -1.42. The fourth-order valence-corrected chi connectivity index (χ4v) is 2.86. The summed E-state index contributed by atoms with van der Waals surface area (Å²) in [6, 6.07) is 6.33. The molecule has 104 valence electrons. The minimum absolute atomic E-state index is 0.0503. The zero-order chi connectivity index (χ0) is 14.7. The summed E-state index contributed by atoms with van der Waals surface area (Å²) in [5.41, 5.74) is -0.159. The van der Waals surface area contributed by atoms with Gasteiger partial charge in [0.25, 0.3) is 0 Å². The number of hydrogen-bond donors (Lipinski definition) is 2. The Kier molecular flexibility index (Phi) is 4.69. The molecule has 2 N–H and O–H groups in total. The minimum atomic E-state index is -3.68. The van der Waals surface area contributed by atoms with Gasteiger partial charge in [-0.1, -0.05) is 6.92 Å². The van der Waals surface area contributed by atoms with Gasteiger partial charge in [0.2, 0.25) is 10.0 Å². The second kappa shape index (κ2) is 5.70. The topological polar surface area (TPSA) is 90.2 Å². The number of hydrogen-bond acceptors (Lipinski definition) is 4. The molecule has 0 saturated carbocycles. The van der Waals surface area contributed by atoms with Crippen LogP contribution in [0.15, 0.2) is 23.1 Å². The molecule has 0 aliphatic carbocycles. The normalized spacial score (nSPS) is 14.7. The molecule has 0 radical (unpaired) electrons. The molecule has 0 fully saturated rings. The number of sulfonamides is 1.